The first-order chi connectivity index (χ1) is 10.3. The average molecular weight is 283 g/mol. The zero-order valence-corrected chi connectivity index (χ0v) is 12.7. The van der Waals surface area contributed by atoms with Crippen molar-refractivity contribution in [2.24, 2.45) is 0 Å². The first-order valence-corrected chi connectivity index (χ1v) is 7.80. The highest BCUT2D eigenvalue weighted by molar-refractivity contribution is 5.23. The van der Waals surface area contributed by atoms with Gasteiger partial charge in [-0.3, -0.25) is 0 Å². The number of benzene rings is 2. The first-order valence-electron chi connectivity index (χ1n) is 7.80. The van der Waals surface area contributed by atoms with Gasteiger partial charge in [0.2, 0.25) is 0 Å². The van der Waals surface area contributed by atoms with Crippen molar-refractivity contribution >= 4 is 0 Å². The van der Waals surface area contributed by atoms with Gasteiger partial charge in [-0.05, 0) is 24.0 Å². The van der Waals surface area contributed by atoms with Gasteiger partial charge in [0.15, 0.2) is 0 Å². The fraction of sp³-hybridized carbons (Fsp3) is 0.368. The Balaban J connectivity index is 2.04. The summed E-state index contributed by atoms with van der Waals surface area (Å²) in [6.45, 7) is 2.74. The monoisotopic (exact) mass is 283 g/mol. The van der Waals surface area contributed by atoms with E-state index in [1.54, 1.807) is 0 Å². The summed E-state index contributed by atoms with van der Waals surface area (Å²) in [7, 11) is 0. The van der Waals surface area contributed by atoms with Gasteiger partial charge in [-0.1, -0.05) is 74.0 Å². The molecule has 2 N–H and O–H groups in total. The molecule has 2 aromatic rings. The van der Waals surface area contributed by atoms with Crippen LogP contribution in [0.3, 0.4) is 0 Å². The molecule has 2 atom stereocenters. The summed E-state index contributed by atoms with van der Waals surface area (Å²) in [5.74, 6) is 0. The molecule has 0 spiro atoms. The van der Waals surface area contributed by atoms with Crippen molar-refractivity contribution in [2.75, 3.05) is 6.54 Å². The number of hydrogen-bond acceptors (Lipinski definition) is 2. The Hall–Kier alpha value is -1.64. The van der Waals surface area contributed by atoms with Gasteiger partial charge >= 0.3 is 0 Å². The molecular weight excluding hydrogens is 258 g/mol. The quantitative estimate of drug-likeness (QED) is 0.774. The molecular formula is C19H25NO. The predicted octanol–water partition coefficient (Wildman–Crippen LogP) is 3.72. The average Bonchev–Trinajstić information content (AvgIpc) is 2.53. The summed E-state index contributed by atoms with van der Waals surface area (Å²) < 4.78 is 0. The van der Waals surface area contributed by atoms with Crippen LogP contribution in [0.5, 0.6) is 0 Å². The fourth-order valence-corrected chi connectivity index (χ4v) is 2.56. The zero-order chi connectivity index (χ0) is 14.9. The highest BCUT2D eigenvalue weighted by Gasteiger charge is 2.13. The number of rotatable bonds is 8. The minimum atomic E-state index is -0.267. The van der Waals surface area contributed by atoms with Gasteiger partial charge in [0.25, 0.3) is 0 Å². The number of aliphatic hydroxyl groups is 1. The highest BCUT2D eigenvalue weighted by Crippen LogP contribution is 2.18. The lowest BCUT2D eigenvalue weighted by Crippen LogP contribution is -2.31. The molecule has 21 heavy (non-hydrogen) atoms. The highest BCUT2D eigenvalue weighted by atomic mass is 16.3. The van der Waals surface area contributed by atoms with E-state index in [0.29, 0.717) is 6.54 Å². The van der Waals surface area contributed by atoms with E-state index in [9.17, 15) is 5.11 Å². The molecule has 0 radical (unpaired) electrons. The number of aliphatic hydroxyl groups excluding tert-OH is 1. The van der Waals surface area contributed by atoms with Crippen molar-refractivity contribution in [3.63, 3.8) is 0 Å². The van der Waals surface area contributed by atoms with Crippen LogP contribution in [0.4, 0.5) is 0 Å². The lowest BCUT2D eigenvalue weighted by molar-refractivity contribution is 0.156. The standard InChI is InChI=1S/C19H25NO/c1-2-9-18(21)15-20-19(17-12-7-4-8-13-17)14-16-10-5-3-6-11-16/h3-8,10-13,18-21H,2,9,14-15H2,1H3. The third-order valence-electron chi connectivity index (χ3n) is 3.71. The maximum Gasteiger partial charge on any atom is 0.0664 e. The van der Waals surface area contributed by atoms with E-state index in [0.717, 1.165) is 19.3 Å². The Kier molecular flexibility index (Phi) is 6.45. The van der Waals surface area contributed by atoms with Crippen molar-refractivity contribution in [1.29, 1.82) is 0 Å². The molecule has 0 amide bonds. The van der Waals surface area contributed by atoms with Crippen LogP contribution in [0.1, 0.15) is 36.9 Å². The molecule has 0 heterocycles. The molecule has 112 valence electrons. The van der Waals surface area contributed by atoms with Crippen LogP contribution >= 0.6 is 0 Å². The Labute approximate surface area is 127 Å². The van der Waals surface area contributed by atoms with Gasteiger partial charge in [0, 0.05) is 12.6 Å². The van der Waals surface area contributed by atoms with Gasteiger partial charge in [-0.25, -0.2) is 0 Å². The van der Waals surface area contributed by atoms with Crippen LogP contribution in [0.2, 0.25) is 0 Å². The molecule has 2 aromatic carbocycles. The van der Waals surface area contributed by atoms with E-state index in [1.807, 2.05) is 12.1 Å². The van der Waals surface area contributed by atoms with Crippen molar-refractivity contribution in [3.8, 4) is 0 Å². The third kappa shape index (κ3) is 5.33. The maximum absolute atomic E-state index is 9.95. The molecule has 0 aromatic heterocycles. The summed E-state index contributed by atoms with van der Waals surface area (Å²) in [5.41, 5.74) is 2.58. The molecule has 0 saturated heterocycles. The Bertz CT molecular complexity index is 497. The summed E-state index contributed by atoms with van der Waals surface area (Å²) in [5, 5.41) is 13.5. The van der Waals surface area contributed by atoms with E-state index in [2.05, 4.69) is 60.8 Å². The van der Waals surface area contributed by atoms with Crippen LogP contribution in [-0.4, -0.2) is 17.8 Å². The molecule has 0 aliphatic carbocycles. The summed E-state index contributed by atoms with van der Waals surface area (Å²) in [4.78, 5) is 0. The normalized spacial score (nSPS) is 13.8. The molecule has 2 unspecified atom stereocenters. The van der Waals surface area contributed by atoms with E-state index >= 15 is 0 Å². The molecule has 0 fully saturated rings. The van der Waals surface area contributed by atoms with E-state index in [-0.39, 0.29) is 12.1 Å². The smallest absolute Gasteiger partial charge is 0.0664 e. The lowest BCUT2D eigenvalue weighted by Gasteiger charge is -2.21. The minimum Gasteiger partial charge on any atom is -0.392 e. The molecule has 0 aliphatic heterocycles. The zero-order valence-electron chi connectivity index (χ0n) is 12.7. The van der Waals surface area contributed by atoms with E-state index < -0.39 is 0 Å². The van der Waals surface area contributed by atoms with Crippen molar-refractivity contribution in [1.82, 2.24) is 5.32 Å². The van der Waals surface area contributed by atoms with Crippen LogP contribution in [-0.2, 0) is 6.42 Å². The molecule has 2 nitrogen and oxygen atoms in total. The largest absolute Gasteiger partial charge is 0.392 e. The molecule has 0 saturated carbocycles. The SMILES string of the molecule is CCCC(O)CNC(Cc1ccccc1)c1ccccc1. The Morgan fingerprint density at radius 1 is 0.952 bits per heavy atom. The van der Waals surface area contributed by atoms with Crippen molar-refractivity contribution in [2.45, 2.75) is 38.3 Å². The van der Waals surface area contributed by atoms with Gasteiger partial charge in [0.1, 0.15) is 0 Å². The Morgan fingerprint density at radius 2 is 1.57 bits per heavy atom. The van der Waals surface area contributed by atoms with Crippen molar-refractivity contribution in [3.05, 3.63) is 71.8 Å². The van der Waals surface area contributed by atoms with Crippen LogP contribution < -0.4 is 5.32 Å². The molecule has 2 heteroatoms. The maximum atomic E-state index is 9.95. The fourth-order valence-electron chi connectivity index (χ4n) is 2.56. The van der Waals surface area contributed by atoms with Gasteiger partial charge in [-0.2, -0.15) is 0 Å². The lowest BCUT2D eigenvalue weighted by atomic mass is 9.98. The summed E-state index contributed by atoms with van der Waals surface area (Å²) in [6, 6.07) is 21.2. The minimum absolute atomic E-state index is 0.236. The summed E-state index contributed by atoms with van der Waals surface area (Å²) >= 11 is 0. The van der Waals surface area contributed by atoms with Crippen LogP contribution in [0.15, 0.2) is 60.7 Å². The van der Waals surface area contributed by atoms with Gasteiger partial charge in [-0.15, -0.1) is 0 Å². The number of hydrogen-bond donors (Lipinski definition) is 2. The first kappa shape index (κ1) is 15.7. The van der Waals surface area contributed by atoms with Gasteiger partial charge in [0.05, 0.1) is 6.10 Å². The topological polar surface area (TPSA) is 32.3 Å². The predicted molar refractivity (Wildman–Crippen MR) is 88.2 cm³/mol. The van der Waals surface area contributed by atoms with Crippen LogP contribution in [0.25, 0.3) is 0 Å². The second-order valence-corrected chi connectivity index (χ2v) is 5.50. The second-order valence-electron chi connectivity index (χ2n) is 5.50. The number of nitrogens with one attached hydrogen (secondary N) is 1. The summed E-state index contributed by atoms with van der Waals surface area (Å²) in [6.07, 6.45) is 2.53. The molecule has 0 aliphatic rings. The van der Waals surface area contributed by atoms with Crippen LogP contribution in [0, 0.1) is 0 Å². The van der Waals surface area contributed by atoms with E-state index in [1.165, 1.54) is 11.1 Å². The molecule has 2 rings (SSSR count). The Morgan fingerprint density at radius 3 is 2.19 bits per heavy atom. The van der Waals surface area contributed by atoms with Gasteiger partial charge < -0.3 is 10.4 Å². The second kappa shape index (κ2) is 8.60. The van der Waals surface area contributed by atoms with Crippen molar-refractivity contribution < 1.29 is 5.11 Å². The third-order valence-corrected chi connectivity index (χ3v) is 3.71. The van der Waals surface area contributed by atoms with E-state index in [4.69, 9.17) is 0 Å². The molecule has 0 bridgehead atoms.